The molecule has 0 spiro atoms. The maximum Gasteiger partial charge on any atom is 0.411 e. The minimum absolute atomic E-state index is 0.0627. The molecular weight excluding hydrogens is 314 g/mol. The van der Waals surface area contributed by atoms with Crippen molar-refractivity contribution < 1.29 is 32.6 Å². The molecule has 0 saturated heterocycles. The number of carbonyl (C=O) groups is 2. The van der Waals surface area contributed by atoms with Gasteiger partial charge in [-0.2, -0.15) is 0 Å². The van der Waals surface area contributed by atoms with Crippen LogP contribution in [0.1, 0.15) is 10.4 Å². The fourth-order valence-corrected chi connectivity index (χ4v) is 2.41. The molecule has 0 heterocycles. The highest BCUT2D eigenvalue weighted by Gasteiger charge is 2.22. The topological polar surface area (TPSA) is 119 Å². The van der Waals surface area contributed by atoms with Crippen LogP contribution in [0.5, 0.6) is 5.75 Å². The Morgan fingerprint density at radius 2 is 2.05 bits per heavy atom. The number of sulfone groups is 1. The molecule has 1 aromatic rings. The zero-order chi connectivity index (χ0) is 16.9. The summed E-state index contributed by atoms with van der Waals surface area (Å²) < 4.78 is 32.9. The van der Waals surface area contributed by atoms with Gasteiger partial charge in [-0.05, 0) is 6.07 Å². The summed E-state index contributed by atoms with van der Waals surface area (Å²) in [4.78, 5) is 22.5. The van der Waals surface area contributed by atoms with Gasteiger partial charge in [0.15, 0.2) is 9.84 Å². The number of rotatable bonds is 6. The molecule has 22 heavy (non-hydrogen) atoms. The average Bonchev–Trinajstić information content (AvgIpc) is 2.43. The van der Waals surface area contributed by atoms with Crippen molar-refractivity contribution in [3.05, 3.63) is 30.4 Å². The van der Waals surface area contributed by atoms with Gasteiger partial charge in [0.25, 0.3) is 0 Å². The van der Waals surface area contributed by atoms with Gasteiger partial charge in [-0.3, -0.25) is 5.32 Å². The number of benzene rings is 1. The smallest absolute Gasteiger partial charge is 0.411 e. The fourth-order valence-electron chi connectivity index (χ4n) is 1.57. The van der Waals surface area contributed by atoms with Crippen LogP contribution in [0.4, 0.5) is 10.5 Å². The molecular formula is C13H15NO7S. The molecule has 8 nitrogen and oxygen atoms in total. The van der Waals surface area contributed by atoms with E-state index in [4.69, 9.17) is 9.84 Å². The predicted octanol–water partition coefficient (Wildman–Crippen LogP) is 1.53. The first kappa shape index (κ1) is 17.5. The first-order chi connectivity index (χ1) is 10.2. The highest BCUT2D eigenvalue weighted by Crippen LogP contribution is 2.31. The number of carbonyl (C=O) groups excluding carboxylic acids is 1. The lowest BCUT2D eigenvalue weighted by atomic mass is 10.1. The fraction of sp³-hybridized carbons (Fsp3) is 0.231. The highest BCUT2D eigenvalue weighted by molar-refractivity contribution is 7.90. The van der Waals surface area contributed by atoms with Gasteiger partial charge in [0, 0.05) is 12.3 Å². The molecule has 1 aromatic carbocycles. The van der Waals surface area contributed by atoms with Crippen molar-refractivity contribution in [3.63, 3.8) is 0 Å². The zero-order valence-corrected chi connectivity index (χ0v) is 12.8. The Hall–Kier alpha value is -2.55. The van der Waals surface area contributed by atoms with Gasteiger partial charge in [0.1, 0.15) is 17.3 Å². The van der Waals surface area contributed by atoms with E-state index >= 15 is 0 Å². The van der Waals surface area contributed by atoms with Gasteiger partial charge >= 0.3 is 12.1 Å². The van der Waals surface area contributed by atoms with Gasteiger partial charge in [-0.15, -0.1) is 0 Å². The van der Waals surface area contributed by atoms with Crippen LogP contribution >= 0.6 is 0 Å². The number of aromatic carboxylic acids is 1. The molecule has 0 aliphatic rings. The molecule has 0 bridgehead atoms. The van der Waals surface area contributed by atoms with Crippen molar-refractivity contribution in [2.75, 3.05) is 25.3 Å². The standard InChI is InChI=1S/C13H15NO7S/c1-4-5-21-13(17)14-9-7-10(20-2)11(22(3,18)19)6-8(9)12(15)16/h4,6-7H,1,5H2,2-3H3,(H,14,17)(H,15,16). The van der Waals surface area contributed by atoms with Crippen LogP contribution in [0.2, 0.25) is 0 Å². The summed E-state index contributed by atoms with van der Waals surface area (Å²) >= 11 is 0. The second-order valence-electron chi connectivity index (χ2n) is 4.14. The second-order valence-corrected chi connectivity index (χ2v) is 6.12. The van der Waals surface area contributed by atoms with Crippen LogP contribution in [0.15, 0.2) is 29.7 Å². The maximum atomic E-state index is 11.7. The predicted molar refractivity (Wildman–Crippen MR) is 78.2 cm³/mol. The third-order valence-corrected chi connectivity index (χ3v) is 3.62. The molecule has 0 aromatic heterocycles. The minimum atomic E-state index is -3.71. The Morgan fingerprint density at radius 3 is 2.50 bits per heavy atom. The van der Waals surface area contributed by atoms with Crippen LogP contribution in [0.25, 0.3) is 0 Å². The van der Waals surface area contributed by atoms with Crippen molar-refractivity contribution in [1.82, 2.24) is 0 Å². The quantitative estimate of drug-likeness (QED) is 0.759. The first-order valence-corrected chi connectivity index (χ1v) is 7.80. The number of hydrogen-bond donors (Lipinski definition) is 2. The Bertz CT molecular complexity index is 709. The van der Waals surface area contributed by atoms with E-state index in [-0.39, 0.29) is 22.9 Å². The average molecular weight is 329 g/mol. The molecule has 1 rings (SSSR count). The number of ether oxygens (including phenoxy) is 2. The van der Waals surface area contributed by atoms with Gasteiger partial charge in [-0.25, -0.2) is 18.0 Å². The van der Waals surface area contributed by atoms with E-state index in [1.165, 1.54) is 13.2 Å². The molecule has 0 aliphatic heterocycles. The Balaban J connectivity index is 3.35. The van der Waals surface area contributed by atoms with Crippen LogP contribution in [-0.4, -0.2) is 45.6 Å². The van der Waals surface area contributed by atoms with Crippen molar-refractivity contribution >= 4 is 27.6 Å². The van der Waals surface area contributed by atoms with E-state index in [1.54, 1.807) is 0 Å². The van der Waals surface area contributed by atoms with E-state index < -0.39 is 27.5 Å². The number of carboxylic acids is 1. The third kappa shape index (κ3) is 4.22. The molecule has 0 atom stereocenters. The lowest BCUT2D eigenvalue weighted by Gasteiger charge is -2.13. The lowest BCUT2D eigenvalue weighted by molar-refractivity contribution is 0.0697. The molecule has 0 aliphatic carbocycles. The SMILES string of the molecule is C=CCOC(=O)Nc1cc(OC)c(S(C)(=O)=O)cc1C(=O)O. The van der Waals surface area contributed by atoms with Crippen LogP contribution in [-0.2, 0) is 14.6 Å². The van der Waals surface area contributed by atoms with Gasteiger partial charge < -0.3 is 14.6 Å². The Labute approximate surface area is 127 Å². The Kier molecular flexibility index (Phi) is 5.52. The van der Waals surface area contributed by atoms with Gasteiger partial charge in [0.2, 0.25) is 0 Å². The second kappa shape index (κ2) is 6.94. The Morgan fingerprint density at radius 1 is 1.41 bits per heavy atom. The van der Waals surface area contributed by atoms with Crippen molar-refractivity contribution in [2.24, 2.45) is 0 Å². The van der Waals surface area contributed by atoms with E-state index in [1.807, 2.05) is 0 Å². The first-order valence-electron chi connectivity index (χ1n) is 5.90. The summed E-state index contributed by atoms with van der Waals surface area (Å²) in [6.45, 7) is 3.30. The largest absolute Gasteiger partial charge is 0.495 e. The van der Waals surface area contributed by atoms with Crippen LogP contribution in [0.3, 0.4) is 0 Å². The number of methoxy groups -OCH3 is 1. The molecule has 1 amide bonds. The monoisotopic (exact) mass is 329 g/mol. The number of carboxylic acid groups (broad SMARTS) is 1. The number of nitrogens with one attached hydrogen (secondary N) is 1. The number of hydrogen-bond acceptors (Lipinski definition) is 6. The molecule has 9 heteroatoms. The van der Waals surface area contributed by atoms with Crippen LogP contribution < -0.4 is 10.1 Å². The van der Waals surface area contributed by atoms with E-state index in [0.29, 0.717) is 0 Å². The number of amides is 1. The van der Waals surface area contributed by atoms with Gasteiger partial charge in [-0.1, -0.05) is 12.7 Å². The molecule has 0 unspecified atom stereocenters. The highest BCUT2D eigenvalue weighted by atomic mass is 32.2. The summed E-state index contributed by atoms with van der Waals surface area (Å²) in [6.07, 6.45) is 1.35. The third-order valence-electron chi connectivity index (χ3n) is 2.50. The molecule has 120 valence electrons. The molecule has 2 N–H and O–H groups in total. The zero-order valence-electron chi connectivity index (χ0n) is 12.0. The molecule has 0 radical (unpaired) electrons. The molecule has 0 saturated carbocycles. The molecule has 0 fully saturated rings. The van der Waals surface area contributed by atoms with Crippen LogP contribution in [0, 0.1) is 0 Å². The normalized spacial score (nSPS) is 10.6. The van der Waals surface area contributed by atoms with Crippen molar-refractivity contribution in [3.8, 4) is 5.75 Å². The van der Waals surface area contributed by atoms with Crippen molar-refractivity contribution in [1.29, 1.82) is 0 Å². The summed E-state index contributed by atoms with van der Waals surface area (Å²) in [6, 6.07) is 2.02. The van der Waals surface area contributed by atoms with Crippen molar-refractivity contribution in [2.45, 2.75) is 4.90 Å². The van der Waals surface area contributed by atoms with Gasteiger partial charge in [0.05, 0.1) is 18.4 Å². The summed E-state index contributed by atoms with van der Waals surface area (Å²) in [5, 5.41) is 11.4. The summed E-state index contributed by atoms with van der Waals surface area (Å²) in [7, 11) is -2.48. The number of anilines is 1. The van der Waals surface area contributed by atoms with E-state index in [9.17, 15) is 18.0 Å². The minimum Gasteiger partial charge on any atom is -0.495 e. The summed E-state index contributed by atoms with van der Waals surface area (Å²) in [5.74, 6) is -1.50. The van der Waals surface area contributed by atoms with E-state index in [2.05, 4.69) is 16.6 Å². The maximum absolute atomic E-state index is 11.7. The van der Waals surface area contributed by atoms with E-state index in [0.717, 1.165) is 18.4 Å². The summed E-state index contributed by atoms with van der Waals surface area (Å²) in [5.41, 5.74) is -0.553. The lowest BCUT2D eigenvalue weighted by Crippen LogP contribution is -2.17.